The highest BCUT2D eigenvalue weighted by Crippen LogP contribution is 2.36. The van der Waals surface area contributed by atoms with Gasteiger partial charge in [0.25, 0.3) is 0 Å². The minimum atomic E-state index is 0.949. The highest BCUT2D eigenvalue weighted by molar-refractivity contribution is 5.98. The number of pyridine rings is 1. The van der Waals surface area contributed by atoms with Crippen LogP contribution in [-0.4, -0.2) is 14.4 Å². The van der Waals surface area contributed by atoms with Crippen LogP contribution in [0, 0.1) is 13.8 Å². The monoisotopic (exact) mass is 352 g/mol. The summed E-state index contributed by atoms with van der Waals surface area (Å²) in [7, 11) is 0. The van der Waals surface area contributed by atoms with Crippen LogP contribution in [0.2, 0.25) is 0 Å². The fourth-order valence-corrected chi connectivity index (χ4v) is 3.62. The van der Waals surface area contributed by atoms with Crippen LogP contribution in [0.15, 0.2) is 73.1 Å². The fourth-order valence-electron chi connectivity index (χ4n) is 3.62. The summed E-state index contributed by atoms with van der Waals surface area (Å²) in [5.41, 5.74) is 7.56. The first-order valence-electron chi connectivity index (χ1n) is 9.09. The average molecular weight is 352 g/mol. The quantitative estimate of drug-likeness (QED) is 0.428. The van der Waals surface area contributed by atoms with Gasteiger partial charge in [-0.3, -0.25) is 4.40 Å². The summed E-state index contributed by atoms with van der Waals surface area (Å²) < 4.78 is 2.14. The summed E-state index contributed by atoms with van der Waals surface area (Å²) in [6.07, 6.45) is 4.11. The smallest absolute Gasteiger partial charge is 0.143 e. The van der Waals surface area contributed by atoms with Crippen LogP contribution < -0.4 is 5.32 Å². The number of rotatable bonds is 3. The van der Waals surface area contributed by atoms with Crippen molar-refractivity contribution in [2.75, 3.05) is 5.32 Å². The Morgan fingerprint density at radius 3 is 2.56 bits per heavy atom. The van der Waals surface area contributed by atoms with Crippen molar-refractivity contribution in [1.82, 2.24) is 14.4 Å². The number of fused-ring (bicyclic) bond motifs is 2. The minimum Gasteiger partial charge on any atom is -0.360 e. The van der Waals surface area contributed by atoms with Gasteiger partial charge in [-0.2, -0.15) is 0 Å². The third-order valence-corrected chi connectivity index (χ3v) is 5.09. The molecule has 5 rings (SSSR count). The van der Waals surface area contributed by atoms with Gasteiger partial charge in [0.05, 0.1) is 0 Å². The molecule has 0 aliphatic carbocycles. The molecule has 0 unspecified atom stereocenters. The molecule has 0 saturated heterocycles. The number of aromatic amines is 1. The minimum absolute atomic E-state index is 0.949. The third-order valence-electron chi connectivity index (χ3n) is 5.09. The summed E-state index contributed by atoms with van der Waals surface area (Å²) in [5.74, 6) is 0.979. The van der Waals surface area contributed by atoms with E-state index in [2.05, 4.69) is 89.3 Å². The molecule has 2 aromatic carbocycles. The van der Waals surface area contributed by atoms with Gasteiger partial charge in [-0.05, 0) is 43.2 Å². The van der Waals surface area contributed by atoms with E-state index in [9.17, 15) is 0 Å². The molecule has 4 heteroatoms. The summed E-state index contributed by atoms with van der Waals surface area (Å²) in [4.78, 5) is 8.38. The van der Waals surface area contributed by atoms with Crippen molar-refractivity contribution in [1.29, 1.82) is 0 Å². The summed E-state index contributed by atoms with van der Waals surface area (Å²) in [6.45, 7) is 4.21. The Labute approximate surface area is 157 Å². The molecule has 0 aliphatic heterocycles. The average Bonchev–Trinajstić information content (AvgIpc) is 3.26. The second-order valence-electron chi connectivity index (χ2n) is 6.88. The number of aromatic nitrogens is 3. The molecule has 0 atom stereocenters. The van der Waals surface area contributed by atoms with Gasteiger partial charge in [0.2, 0.25) is 0 Å². The van der Waals surface area contributed by atoms with Gasteiger partial charge >= 0.3 is 0 Å². The lowest BCUT2D eigenvalue weighted by atomic mass is 10.1. The predicted molar refractivity (Wildman–Crippen MR) is 112 cm³/mol. The lowest BCUT2D eigenvalue weighted by Gasteiger charge is -2.11. The number of hydrogen-bond donors (Lipinski definition) is 2. The van der Waals surface area contributed by atoms with Gasteiger partial charge in [0.1, 0.15) is 17.2 Å². The van der Waals surface area contributed by atoms with E-state index in [-0.39, 0.29) is 0 Å². The molecule has 3 aromatic heterocycles. The van der Waals surface area contributed by atoms with E-state index < -0.39 is 0 Å². The van der Waals surface area contributed by atoms with Crippen LogP contribution in [-0.2, 0) is 0 Å². The number of para-hydroxylation sites is 2. The topological polar surface area (TPSA) is 45.1 Å². The number of benzene rings is 2. The zero-order valence-corrected chi connectivity index (χ0v) is 15.3. The second-order valence-corrected chi connectivity index (χ2v) is 6.88. The van der Waals surface area contributed by atoms with E-state index in [4.69, 9.17) is 4.98 Å². The molecular formula is C23H20N4. The van der Waals surface area contributed by atoms with Crippen molar-refractivity contribution >= 4 is 28.1 Å². The van der Waals surface area contributed by atoms with Gasteiger partial charge in [0, 0.05) is 34.5 Å². The third kappa shape index (κ3) is 2.49. The molecule has 27 heavy (non-hydrogen) atoms. The Kier molecular flexibility index (Phi) is 3.50. The predicted octanol–water partition coefficient (Wildman–Crippen LogP) is 5.84. The Balaban J connectivity index is 1.79. The van der Waals surface area contributed by atoms with Crippen molar-refractivity contribution < 1.29 is 0 Å². The van der Waals surface area contributed by atoms with E-state index in [0.29, 0.717) is 0 Å². The van der Waals surface area contributed by atoms with Gasteiger partial charge < -0.3 is 10.3 Å². The molecule has 0 amide bonds. The number of hydrogen-bond acceptors (Lipinski definition) is 2. The van der Waals surface area contributed by atoms with Crippen LogP contribution in [0.1, 0.15) is 11.1 Å². The van der Waals surface area contributed by atoms with E-state index in [1.165, 1.54) is 10.9 Å². The van der Waals surface area contributed by atoms with E-state index in [1.807, 2.05) is 12.3 Å². The summed E-state index contributed by atoms with van der Waals surface area (Å²) in [6, 6.07) is 20.8. The number of aryl methyl sites for hydroxylation is 2. The maximum Gasteiger partial charge on any atom is 0.143 e. The van der Waals surface area contributed by atoms with Crippen molar-refractivity contribution in [2.45, 2.75) is 13.8 Å². The van der Waals surface area contributed by atoms with E-state index in [1.54, 1.807) is 0 Å². The first-order chi connectivity index (χ1) is 13.2. The Hall–Kier alpha value is -3.53. The number of H-pyrrole nitrogens is 1. The molecule has 0 radical (unpaired) electrons. The van der Waals surface area contributed by atoms with E-state index in [0.717, 1.165) is 39.5 Å². The van der Waals surface area contributed by atoms with Crippen molar-refractivity contribution in [3.05, 3.63) is 84.2 Å². The molecule has 0 bridgehead atoms. The Morgan fingerprint density at radius 2 is 1.67 bits per heavy atom. The highest BCUT2D eigenvalue weighted by atomic mass is 15.1. The zero-order valence-electron chi connectivity index (χ0n) is 15.3. The van der Waals surface area contributed by atoms with Gasteiger partial charge in [-0.25, -0.2) is 4.98 Å². The van der Waals surface area contributed by atoms with Crippen molar-refractivity contribution in [3.8, 4) is 11.3 Å². The first kappa shape index (κ1) is 15.7. The second kappa shape index (κ2) is 6.02. The van der Waals surface area contributed by atoms with E-state index >= 15 is 0 Å². The Morgan fingerprint density at radius 1 is 0.889 bits per heavy atom. The molecule has 0 saturated carbocycles. The van der Waals surface area contributed by atoms with Crippen molar-refractivity contribution in [3.63, 3.8) is 0 Å². The van der Waals surface area contributed by atoms with Gasteiger partial charge in [0.15, 0.2) is 0 Å². The molecule has 0 fully saturated rings. The van der Waals surface area contributed by atoms with Gasteiger partial charge in [-0.1, -0.05) is 42.5 Å². The zero-order chi connectivity index (χ0) is 18.4. The molecular weight excluding hydrogens is 332 g/mol. The molecule has 4 nitrogen and oxygen atoms in total. The van der Waals surface area contributed by atoms with Crippen LogP contribution in [0.4, 0.5) is 11.5 Å². The normalized spacial score (nSPS) is 11.3. The number of nitrogens with zero attached hydrogens (tertiary/aromatic N) is 2. The number of nitrogens with one attached hydrogen (secondary N) is 2. The maximum absolute atomic E-state index is 5.01. The molecule has 132 valence electrons. The summed E-state index contributed by atoms with van der Waals surface area (Å²) >= 11 is 0. The Bertz CT molecular complexity index is 1280. The lowest BCUT2D eigenvalue weighted by molar-refractivity contribution is 1.16. The molecule has 0 spiro atoms. The van der Waals surface area contributed by atoms with Gasteiger partial charge in [-0.15, -0.1) is 0 Å². The number of anilines is 2. The first-order valence-corrected chi connectivity index (χ1v) is 9.09. The van der Waals surface area contributed by atoms with Crippen molar-refractivity contribution in [2.24, 2.45) is 0 Å². The molecule has 3 heterocycles. The standard InChI is InChI=1S/C23H20N4/c1-15-8-3-5-11-19(15)25-23-21(26-22-16(2)9-7-13-27(22)23)18-14-24-20-12-6-4-10-17(18)20/h3-14,24-25H,1-2H3. The van der Waals surface area contributed by atoms with Crippen LogP contribution in [0.5, 0.6) is 0 Å². The summed E-state index contributed by atoms with van der Waals surface area (Å²) in [5, 5.41) is 4.80. The number of imidazole rings is 1. The largest absolute Gasteiger partial charge is 0.360 e. The van der Waals surface area contributed by atoms with Crippen LogP contribution in [0.25, 0.3) is 27.8 Å². The van der Waals surface area contributed by atoms with Crippen LogP contribution in [0.3, 0.4) is 0 Å². The fraction of sp³-hybridized carbons (Fsp3) is 0.0870. The maximum atomic E-state index is 5.01. The van der Waals surface area contributed by atoms with Crippen LogP contribution >= 0.6 is 0 Å². The molecule has 2 N–H and O–H groups in total. The lowest BCUT2D eigenvalue weighted by Crippen LogP contribution is -1.98. The SMILES string of the molecule is Cc1ccccc1Nc1c(-c2c[nH]c3ccccc23)nc2c(C)cccn12. The highest BCUT2D eigenvalue weighted by Gasteiger charge is 2.18. The molecule has 5 aromatic rings. The molecule has 0 aliphatic rings.